The molecule has 2 aliphatic rings. The van der Waals surface area contributed by atoms with E-state index in [0.29, 0.717) is 19.1 Å². The summed E-state index contributed by atoms with van der Waals surface area (Å²) in [6, 6.07) is 0. The summed E-state index contributed by atoms with van der Waals surface area (Å²) in [5, 5.41) is 9.31. The van der Waals surface area contributed by atoms with Gasteiger partial charge in [-0.3, -0.25) is 9.69 Å². The molecule has 0 radical (unpaired) electrons. The van der Waals surface area contributed by atoms with Gasteiger partial charge in [-0.15, -0.1) is 0 Å². The van der Waals surface area contributed by atoms with Gasteiger partial charge in [-0.1, -0.05) is 0 Å². The minimum absolute atomic E-state index is 0.345. The molecule has 80 valence electrons. The monoisotopic (exact) mass is 199 g/mol. The van der Waals surface area contributed by atoms with E-state index in [1.54, 1.807) is 0 Å². The van der Waals surface area contributed by atoms with Crippen molar-refractivity contribution in [2.24, 2.45) is 5.92 Å². The lowest BCUT2D eigenvalue weighted by Gasteiger charge is -2.40. The molecule has 1 aliphatic carbocycles. The van der Waals surface area contributed by atoms with Crippen LogP contribution < -0.4 is 0 Å². The van der Waals surface area contributed by atoms with Crippen molar-refractivity contribution < 1.29 is 14.6 Å². The number of rotatable bonds is 3. The van der Waals surface area contributed by atoms with Crippen molar-refractivity contribution in [3.63, 3.8) is 0 Å². The number of hydrogen-bond donors (Lipinski definition) is 1. The predicted molar refractivity (Wildman–Crippen MR) is 51.2 cm³/mol. The fraction of sp³-hybridized carbons (Fsp3) is 0.900. The molecule has 0 spiro atoms. The van der Waals surface area contributed by atoms with Crippen molar-refractivity contribution >= 4 is 5.97 Å². The maximum absolute atomic E-state index is 11.3. The molecule has 0 aromatic carbocycles. The van der Waals surface area contributed by atoms with Crippen molar-refractivity contribution in [3.8, 4) is 0 Å². The van der Waals surface area contributed by atoms with Crippen LogP contribution in [0.25, 0.3) is 0 Å². The van der Waals surface area contributed by atoms with Crippen LogP contribution in [0.1, 0.15) is 19.8 Å². The van der Waals surface area contributed by atoms with E-state index < -0.39 is 11.5 Å². The third-order valence-corrected chi connectivity index (χ3v) is 3.47. The lowest BCUT2D eigenvalue weighted by Crippen LogP contribution is -2.57. The van der Waals surface area contributed by atoms with Gasteiger partial charge in [-0.2, -0.15) is 0 Å². The van der Waals surface area contributed by atoms with Crippen LogP contribution in [0.15, 0.2) is 0 Å². The number of ether oxygens (including phenoxy) is 1. The zero-order valence-corrected chi connectivity index (χ0v) is 8.53. The van der Waals surface area contributed by atoms with Crippen LogP contribution in [-0.2, 0) is 9.53 Å². The highest BCUT2D eigenvalue weighted by molar-refractivity contribution is 5.79. The van der Waals surface area contributed by atoms with Gasteiger partial charge in [0.05, 0.1) is 13.2 Å². The Morgan fingerprint density at radius 1 is 1.43 bits per heavy atom. The predicted octanol–water partition coefficient (Wildman–Crippen LogP) is 0.572. The highest BCUT2D eigenvalue weighted by Gasteiger charge is 2.51. The Balaban J connectivity index is 2.12. The normalized spacial score (nSPS) is 28.4. The Labute approximate surface area is 83.8 Å². The minimum atomic E-state index is -0.679. The van der Waals surface area contributed by atoms with Crippen LogP contribution in [0.5, 0.6) is 0 Å². The molecule has 1 heterocycles. The van der Waals surface area contributed by atoms with Crippen LogP contribution in [-0.4, -0.2) is 47.8 Å². The molecule has 1 N–H and O–H groups in total. The van der Waals surface area contributed by atoms with E-state index in [2.05, 4.69) is 4.90 Å². The second kappa shape index (κ2) is 3.51. The van der Waals surface area contributed by atoms with Gasteiger partial charge >= 0.3 is 5.97 Å². The third kappa shape index (κ3) is 1.53. The van der Waals surface area contributed by atoms with Gasteiger partial charge in [0.2, 0.25) is 0 Å². The Morgan fingerprint density at radius 3 is 2.43 bits per heavy atom. The molecule has 0 amide bonds. The van der Waals surface area contributed by atoms with Crippen LogP contribution >= 0.6 is 0 Å². The van der Waals surface area contributed by atoms with Gasteiger partial charge < -0.3 is 9.84 Å². The molecular formula is C10H17NO3. The fourth-order valence-electron chi connectivity index (χ4n) is 2.24. The topological polar surface area (TPSA) is 49.8 Å². The van der Waals surface area contributed by atoms with E-state index in [1.807, 2.05) is 6.92 Å². The SMILES string of the molecule is CC(C(=O)O)(C1CC1)N1CCOCC1. The van der Waals surface area contributed by atoms with Crippen LogP contribution in [0.4, 0.5) is 0 Å². The standard InChI is InChI=1S/C10H17NO3/c1-10(9(12)13,8-2-3-8)11-4-6-14-7-5-11/h8H,2-7H2,1H3,(H,12,13). The Bertz CT molecular complexity index is 234. The van der Waals surface area contributed by atoms with Crippen LogP contribution in [0, 0.1) is 5.92 Å². The van der Waals surface area contributed by atoms with E-state index in [-0.39, 0.29) is 0 Å². The molecule has 1 saturated heterocycles. The number of hydrogen-bond acceptors (Lipinski definition) is 3. The summed E-state index contributed by atoms with van der Waals surface area (Å²) in [4.78, 5) is 13.4. The number of carboxylic acid groups (broad SMARTS) is 1. The van der Waals surface area contributed by atoms with Crippen molar-refractivity contribution in [2.75, 3.05) is 26.3 Å². The van der Waals surface area contributed by atoms with Crippen LogP contribution in [0.3, 0.4) is 0 Å². The van der Waals surface area contributed by atoms with Crippen molar-refractivity contribution in [3.05, 3.63) is 0 Å². The summed E-state index contributed by atoms with van der Waals surface area (Å²) in [6.45, 7) is 4.68. The molecule has 2 fully saturated rings. The molecular weight excluding hydrogens is 182 g/mol. The molecule has 2 rings (SSSR count). The van der Waals surface area contributed by atoms with E-state index in [0.717, 1.165) is 25.9 Å². The molecule has 1 unspecified atom stereocenters. The summed E-state index contributed by atoms with van der Waals surface area (Å²) < 4.78 is 5.24. The lowest BCUT2D eigenvalue weighted by atomic mass is 9.93. The van der Waals surface area contributed by atoms with E-state index in [4.69, 9.17) is 4.74 Å². The van der Waals surface area contributed by atoms with Gasteiger partial charge in [-0.05, 0) is 25.7 Å². The first-order chi connectivity index (χ1) is 6.65. The first kappa shape index (κ1) is 9.93. The zero-order chi connectivity index (χ0) is 10.2. The number of morpholine rings is 1. The van der Waals surface area contributed by atoms with Gasteiger partial charge in [0.1, 0.15) is 5.54 Å². The number of aliphatic carboxylic acids is 1. The van der Waals surface area contributed by atoms with Crippen molar-refractivity contribution in [2.45, 2.75) is 25.3 Å². The average molecular weight is 199 g/mol. The summed E-state index contributed by atoms with van der Waals surface area (Å²) in [5.74, 6) is -0.333. The Morgan fingerprint density at radius 2 is 2.00 bits per heavy atom. The quantitative estimate of drug-likeness (QED) is 0.722. The molecule has 4 nitrogen and oxygen atoms in total. The summed E-state index contributed by atoms with van der Waals surface area (Å²) in [5.41, 5.74) is -0.649. The van der Waals surface area contributed by atoms with Gasteiger partial charge in [-0.25, -0.2) is 0 Å². The van der Waals surface area contributed by atoms with E-state index in [1.165, 1.54) is 0 Å². The summed E-state index contributed by atoms with van der Waals surface area (Å²) >= 11 is 0. The molecule has 1 saturated carbocycles. The first-order valence-electron chi connectivity index (χ1n) is 5.22. The fourth-order valence-corrected chi connectivity index (χ4v) is 2.24. The largest absolute Gasteiger partial charge is 0.480 e. The van der Waals surface area contributed by atoms with Gasteiger partial charge in [0, 0.05) is 13.1 Å². The molecule has 0 aromatic rings. The second-order valence-corrected chi connectivity index (χ2v) is 4.33. The molecule has 1 aliphatic heterocycles. The van der Waals surface area contributed by atoms with Crippen LogP contribution in [0.2, 0.25) is 0 Å². The minimum Gasteiger partial charge on any atom is -0.480 e. The molecule has 0 aromatic heterocycles. The zero-order valence-electron chi connectivity index (χ0n) is 8.53. The highest BCUT2D eigenvalue weighted by Crippen LogP contribution is 2.43. The lowest BCUT2D eigenvalue weighted by molar-refractivity contribution is -0.155. The van der Waals surface area contributed by atoms with Gasteiger partial charge in [0.25, 0.3) is 0 Å². The Hall–Kier alpha value is -0.610. The molecule has 0 bridgehead atoms. The molecule has 14 heavy (non-hydrogen) atoms. The van der Waals surface area contributed by atoms with E-state index in [9.17, 15) is 9.90 Å². The summed E-state index contributed by atoms with van der Waals surface area (Å²) in [7, 11) is 0. The number of nitrogens with zero attached hydrogens (tertiary/aromatic N) is 1. The summed E-state index contributed by atoms with van der Waals surface area (Å²) in [6.07, 6.45) is 2.11. The molecule has 4 heteroatoms. The maximum atomic E-state index is 11.3. The second-order valence-electron chi connectivity index (χ2n) is 4.33. The van der Waals surface area contributed by atoms with Gasteiger partial charge in [0.15, 0.2) is 0 Å². The number of carbonyl (C=O) groups is 1. The highest BCUT2D eigenvalue weighted by atomic mass is 16.5. The third-order valence-electron chi connectivity index (χ3n) is 3.47. The number of carboxylic acids is 1. The maximum Gasteiger partial charge on any atom is 0.324 e. The average Bonchev–Trinajstić information content (AvgIpc) is 3.01. The van der Waals surface area contributed by atoms with Crippen molar-refractivity contribution in [1.82, 2.24) is 4.90 Å². The molecule has 1 atom stereocenters. The van der Waals surface area contributed by atoms with E-state index >= 15 is 0 Å². The Kier molecular flexibility index (Phi) is 2.49. The first-order valence-corrected chi connectivity index (χ1v) is 5.22. The van der Waals surface area contributed by atoms with Crippen molar-refractivity contribution in [1.29, 1.82) is 0 Å². The smallest absolute Gasteiger partial charge is 0.324 e.